The van der Waals surface area contributed by atoms with Crippen molar-refractivity contribution in [1.82, 2.24) is 14.4 Å². The van der Waals surface area contributed by atoms with E-state index in [1.807, 2.05) is 9.82 Å². The monoisotopic (exact) mass is 705 g/mol. The molecule has 0 amide bonds. The lowest BCUT2D eigenvalue weighted by molar-refractivity contribution is -0.169. The molecule has 2 rings (SSSR count). The van der Waals surface area contributed by atoms with Crippen LogP contribution in [-0.4, -0.2) is 89.2 Å². The molecule has 1 saturated heterocycles. The standard InChI is InChI=1S/C24H34ClFN3O16P/c1-13(2)42-21(33)37-11-40-46(36,41-12-38-22(34)43-14(3)4)39-10-24(15(5)26)18(44-17(31)9-27-25)23(6,35)19(45-24)29-8-7-16(30)28-20(29)32/h7-8,13-14,18-19,27,35H,5,9-12H2,1-4,6H3,(H,28,30,32)/t18-,19+,23+,24-/m0/s1. The molecular weight excluding hydrogens is 672 g/mol. The summed E-state index contributed by atoms with van der Waals surface area (Å²) in [7, 11) is -5.08. The summed E-state index contributed by atoms with van der Waals surface area (Å²) in [5.41, 5.74) is -7.25. The summed E-state index contributed by atoms with van der Waals surface area (Å²) >= 11 is 5.37. The van der Waals surface area contributed by atoms with Gasteiger partial charge in [-0.3, -0.25) is 23.7 Å². The molecule has 1 aromatic rings. The number of halogens is 2. The summed E-state index contributed by atoms with van der Waals surface area (Å²) in [6, 6.07) is 0.879. The number of rotatable bonds is 16. The van der Waals surface area contributed by atoms with Gasteiger partial charge in [0, 0.05) is 12.3 Å². The first-order chi connectivity index (χ1) is 21.4. The zero-order valence-electron chi connectivity index (χ0n) is 25.2. The zero-order valence-corrected chi connectivity index (χ0v) is 26.9. The predicted molar refractivity (Wildman–Crippen MR) is 150 cm³/mol. The van der Waals surface area contributed by atoms with E-state index in [-0.39, 0.29) is 0 Å². The lowest BCUT2D eigenvalue weighted by Gasteiger charge is -2.35. The van der Waals surface area contributed by atoms with Crippen LogP contribution in [0.15, 0.2) is 34.3 Å². The highest BCUT2D eigenvalue weighted by Crippen LogP contribution is 2.54. The number of nitrogens with one attached hydrogen (secondary N) is 2. The third kappa shape index (κ3) is 10.3. The Morgan fingerprint density at radius 2 is 1.67 bits per heavy atom. The number of esters is 1. The largest absolute Gasteiger partial charge is 0.510 e. The molecule has 4 atom stereocenters. The molecule has 0 bridgehead atoms. The normalized spacial score (nSPS) is 22.8. The number of phosphoric acid groups is 1. The summed E-state index contributed by atoms with van der Waals surface area (Å²) in [5, 5.41) is 11.5. The van der Waals surface area contributed by atoms with E-state index >= 15 is 4.39 Å². The maximum Gasteiger partial charge on any atom is 0.510 e. The van der Waals surface area contributed by atoms with Gasteiger partial charge < -0.3 is 33.5 Å². The van der Waals surface area contributed by atoms with Gasteiger partial charge in [0.25, 0.3) is 5.56 Å². The van der Waals surface area contributed by atoms with Crippen molar-refractivity contribution in [2.75, 3.05) is 26.7 Å². The number of phosphoric ester groups is 1. The summed E-state index contributed by atoms with van der Waals surface area (Å²) in [6.45, 7) is 5.91. The minimum absolute atomic E-state index is 0.605. The molecule has 1 aliphatic rings. The zero-order chi connectivity index (χ0) is 34.9. The highest BCUT2D eigenvalue weighted by atomic mass is 35.5. The van der Waals surface area contributed by atoms with Crippen LogP contribution >= 0.6 is 19.6 Å². The molecule has 0 unspecified atom stereocenters. The maximum atomic E-state index is 15.4. The van der Waals surface area contributed by atoms with Gasteiger partial charge in [0.1, 0.15) is 18.0 Å². The molecule has 1 fully saturated rings. The van der Waals surface area contributed by atoms with E-state index in [2.05, 4.69) is 16.1 Å². The third-order valence-electron chi connectivity index (χ3n) is 5.68. The molecule has 0 aliphatic carbocycles. The Morgan fingerprint density at radius 3 is 2.13 bits per heavy atom. The van der Waals surface area contributed by atoms with E-state index in [0.29, 0.717) is 4.57 Å². The Hall–Kier alpha value is -3.36. The van der Waals surface area contributed by atoms with Crippen molar-refractivity contribution in [3.8, 4) is 0 Å². The molecule has 0 spiro atoms. The van der Waals surface area contributed by atoms with Crippen LogP contribution in [0, 0.1) is 0 Å². The Morgan fingerprint density at radius 1 is 1.13 bits per heavy atom. The fraction of sp³-hybridized carbons (Fsp3) is 0.625. The average Bonchev–Trinajstić information content (AvgIpc) is 3.14. The smallest absolute Gasteiger partial charge is 0.454 e. The topological polar surface area (TPSA) is 238 Å². The van der Waals surface area contributed by atoms with Crippen LogP contribution in [0.5, 0.6) is 0 Å². The van der Waals surface area contributed by atoms with Crippen LogP contribution < -0.4 is 16.1 Å². The van der Waals surface area contributed by atoms with Gasteiger partial charge in [0.05, 0.1) is 18.8 Å². The number of aromatic amines is 1. The number of H-pyrrole nitrogens is 1. The summed E-state index contributed by atoms with van der Waals surface area (Å²) in [5.74, 6) is -2.67. The van der Waals surface area contributed by atoms with E-state index < -0.39 is 106 Å². The van der Waals surface area contributed by atoms with Crippen molar-refractivity contribution in [2.45, 2.75) is 70.4 Å². The van der Waals surface area contributed by atoms with Crippen LogP contribution in [-0.2, 0) is 51.4 Å². The number of hydrogen-bond acceptors (Lipinski definition) is 17. The van der Waals surface area contributed by atoms with Gasteiger partial charge in [0.2, 0.25) is 13.6 Å². The molecule has 3 N–H and O–H groups in total. The van der Waals surface area contributed by atoms with Gasteiger partial charge >= 0.3 is 31.8 Å². The number of carbonyl (C=O) groups excluding carboxylic acids is 3. The molecule has 0 aromatic carbocycles. The highest BCUT2D eigenvalue weighted by molar-refractivity contribution is 7.48. The lowest BCUT2D eigenvalue weighted by atomic mass is 9.86. The van der Waals surface area contributed by atoms with Gasteiger partial charge in [0.15, 0.2) is 17.9 Å². The molecule has 19 nitrogen and oxygen atoms in total. The summed E-state index contributed by atoms with van der Waals surface area (Å²) in [4.78, 5) is 64.0. The first-order valence-electron chi connectivity index (χ1n) is 13.2. The van der Waals surface area contributed by atoms with E-state index in [0.717, 1.165) is 19.2 Å². The predicted octanol–water partition coefficient (Wildman–Crippen LogP) is 1.89. The van der Waals surface area contributed by atoms with Crippen LogP contribution in [0.4, 0.5) is 14.0 Å². The van der Waals surface area contributed by atoms with E-state index in [1.165, 1.54) is 27.7 Å². The van der Waals surface area contributed by atoms with Gasteiger partial charge in [-0.1, -0.05) is 6.58 Å². The average molecular weight is 706 g/mol. The van der Waals surface area contributed by atoms with E-state index in [1.54, 1.807) is 0 Å². The maximum absolute atomic E-state index is 15.4. The molecule has 1 aromatic heterocycles. The van der Waals surface area contributed by atoms with Gasteiger partial charge in [-0.05, 0) is 46.4 Å². The number of carbonyl (C=O) groups is 3. The molecule has 22 heteroatoms. The second kappa shape index (κ2) is 16.5. The van der Waals surface area contributed by atoms with Crippen molar-refractivity contribution in [3.05, 3.63) is 45.5 Å². The Kier molecular flexibility index (Phi) is 13.9. The number of hydrogen-bond donors (Lipinski definition) is 3. The second-order valence-corrected chi connectivity index (χ2v) is 12.0. The quantitative estimate of drug-likeness (QED) is 0.0731. The Balaban J connectivity index is 2.47. The number of ether oxygens (including phenoxy) is 6. The number of aliphatic hydroxyl groups is 1. The fourth-order valence-electron chi connectivity index (χ4n) is 3.79. The SMILES string of the molecule is C=C(F)[C@]1(COP(=O)(OCOC(=O)OC(C)C)OCOC(=O)OC(C)C)O[C@@H](n2ccc(=O)[nH]c2=O)[C@](C)(O)[C@@H]1OC(=O)CNCl. The van der Waals surface area contributed by atoms with Crippen LogP contribution in [0.2, 0.25) is 0 Å². The highest BCUT2D eigenvalue weighted by Gasteiger charge is 2.67. The third-order valence-corrected chi connectivity index (χ3v) is 7.10. The van der Waals surface area contributed by atoms with Crippen molar-refractivity contribution >= 4 is 37.9 Å². The van der Waals surface area contributed by atoms with Crippen LogP contribution in [0.1, 0.15) is 40.8 Å². The second-order valence-electron chi connectivity index (χ2n) is 10.0. The van der Waals surface area contributed by atoms with Crippen LogP contribution in [0.25, 0.3) is 0 Å². The molecule has 2 heterocycles. The summed E-state index contributed by atoms with van der Waals surface area (Å²) < 4.78 is 74.5. The molecule has 260 valence electrons. The van der Waals surface area contributed by atoms with Crippen molar-refractivity contribution < 1.29 is 70.4 Å². The minimum Gasteiger partial charge on any atom is -0.454 e. The van der Waals surface area contributed by atoms with Crippen molar-refractivity contribution in [1.29, 1.82) is 0 Å². The molecule has 0 saturated carbocycles. The van der Waals surface area contributed by atoms with E-state index in [4.69, 9.17) is 44.3 Å². The first-order valence-corrected chi connectivity index (χ1v) is 15.0. The summed E-state index contributed by atoms with van der Waals surface area (Å²) in [6.07, 6.45) is -6.87. The molecule has 0 radical (unpaired) electrons. The molecule has 46 heavy (non-hydrogen) atoms. The molecular formula is C24H34ClFN3O16P. The van der Waals surface area contributed by atoms with E-state index in [9.17, 15) is 33.6 Å². The van der Waals surface area contributed by atoms with Gasteiger partial charge in [-0.25, -0.2) is 37.2 Å². The Bertz CT molecular complexity index is 1390. The van der Waals surface area contributed by atoms with Gasteiger partial charge in [-0.15, -0.1) is 0 Å². The number of nitrogens with zero attached hydrogens (tertiary/aromatic N) is 1. The Labute approximate surface area is 265 Å². The minimum atomic E-state index is -5.08. The lowest BCUT2D eigenvalue weighted by Crippen LogP contribution is -2.55. The number of aromatic nitrogens is 2. The first kappa shape index (κ1) is 38.8. The van der Waals surface area contributed by atoms with Crippen molar-refractivity contribution in [3.63, 3.8) is 0 Å². The fourth-order valence-corrected chi connectivity index (χ4v) is 4.83. The van der Waals surface area contributed by atoms with Gasteiger partial charge in [-0.2, -0.15) is 0 Å². The van der Waals surface area contributed by atoms with Crippen molar-refractivity contribution in [2.24, 2.45) is 0 Å². The molecule has 1 aliphatic heterocycles. The van der Waals surface area contributed by atoms with Crippen LogP contribution in [0.3, 0.4) is 0 Å².